The Hall–Kier alpha value is -1.93. The fraction of sp³-hybridized carbons (Fsp3) is 0.533. The average molecular weight is 335 g/mol. The smallest absolute Gasteiger partial charge is 0.317 e. The zero-order valence-electron chi connectivity index (χ0n) is 13.3. The maximum Gasteiger partial charge on any atom is 0.317 e. The second kappa shape index (κ2) is 7.10. The number of carbonyl (C=O) groups is 1. The van der Waals surface area contributed by atoms with Crippen LogP contribution in [0.25, 0.3) is 0 Å². The lowest BCUT2D eigenvalue weighted by Gasteiger charge is -2.23. The third-order valence-corrected chi connectivity index (χ3v) is 4.71. The maximum atomic E-state index is 12.4. The minimum Gasteiger partial charge on any atom is -0.368 e. The minimum absolute atomic E-state index is 0.0612. The maximum absolute atomic E-state index is 12.4. The van der Waals surface area contributed by atoms with E-state index in [1.807, 2.05) is 11.6 Å². The first-order valence-electron chi connectivity index (χ1n) is 7.71. The van der Waals surface area contributed by atoms with Gasteiger partial charge in [0.1, 0.15) is 16.9 Å². The van der Waals surface area contributed by atoms with E-state index in [0.29, 0.717) is 13.2 Å². The molecule has 0 radical (unpaired) electrons. The minimum atomic E-state index is -0.192. The van der Waals surface area contributed by atoms with Crippen molar-refractivity contribution in [3.05, 3.63) is 34.8 Å². The first-order valence-corrected chi connectivity index (χ1v) is 8.59. The third-order valence-electron chi connectivity index (χ3n) is 3.95. The van der Waals surface area contributed by atoms with Gasteiger partial charge in [-0.05, 0) is 13.3 Å². The summed E-state index contributed by atoms with van der Waals surface area (Å²) in [5, 5.41) is 5.90. The van der Waals surface area contributed by atoms with Crippen molar-refractivity contribution in [2.45, 2.75) is 38.6 Å². The Morgan fingerprint density at radius 3 is 3.13 bits per heavy atom. The molecule has 23 heavy (non-hydrogen) atoms. The number of imidazole rings is 1. The molecule has 7 nitrogen and oxygen atoms in total. The van der Waals surface area contributed by atoms with E-state index in [1.165, 1.54) is 0 Å². The number of hydrogen-bond donors (Lipinski definition) is 1. The summed E-state index contributed by atoms with van der Waals surface area (Å²) in [6.45, 7) is 4.03. The topological polar surface area (TPSA) is 72.3 Å². The van der Waals surface area contributed by atoms with Crippen LogP contribution in [0, 0.1) is 0 Å². The van der Waals surface area contributed by atoms with Gasteiger partial charge in [-0.25, -0.2) is 14.8 Å². The predicted octanol–water partition coefficient (Wildman–Crippen LogP) is 2.03. The van der Waals surface area contributed by atoms with Crippen LogP contribution in [0.5, 0.6) is 0 Å². The van der Waals surface area contributed by atoms with Gasteiger partial charge in [0.25, 0.3) is 0 Å². The van der Waals surface area contributed by atoms with Crippen LogP contribution in [-0.4, -0.2) is 45.2 Å². The van der Waals surface area contributed by atoms with Gasteiger partial charge in [0.05, 0.1) is 12.6 Å². The molecule has 0 spiro atoms. The number of nitrogens with one attached hydrogen (secondary N) is 1. The molecule has 0 aliphatic carbocycles. The number of nitrogens with zero attached hydrogens (tertiary/aromatic N) is 4. The molecule has 1 aliphatic rings. The second-order valence-electron chi connectivity index (χ2n) is 5.49. The van der Waals surface area contributed by atoms with Crippen LogP contribution in [0.2, 0.25) is 0 Å². The van der Waals surface area contributed by atoms with Gasteiger partial charge in [0.15, 0.2) is 0 Å². The van der Waals surface area contributed by atoms with E-state index in [9.17, 15) is 4.79 Å². The number of aryl methyl sites for hydroxylation is 1. The van der Waals surface area contributed by atoms with Crippen LogP contribution in [-0.2, 0) is 17.8 Å². The van der Waals surface area contributed by atoms with Gasteiger partial charge >= 0.3 is 6.03 Å². The molecule has 8 heteroatoms. The first kappa shape index (κ1) is 15.9. The fourth-order valence-electron chi connectivity index (χ4n) is 2.71. The van der Waals surface area contributed by atoms with Crippen molar-refractivity contribution in [1.82, 2.24) is 24.8 Å². The van der Waals surface area contributed by atoms with Gasteiger partial charge in [-0.3, -0.25) is 0 Å². The fourth-order valence-corrected chi connectivity index (χ4v) is 3.38. The Balaban J connectivity index is 1.63. The Morgan fingerprint density at radius 1 is 1.52 bits per heavy atom. The molecule has 2 aromatic rings. The number of urea groups is 1. The van der Waals surface area contributed by atoms with Crippen molar-refractivity contribution < 1.29 is 9.53 Å². The van der Waals surface area contributed by atoms with Crippen molar-refractivity contribution in [3.63, 3.8) is 0 Å². The molecule has 1 fully saturated rings. The van der Waals surface area contributed by atoms with Crippen molar-refractivity contribution in [1.29, 1.82) is 0 Å². The van der Waals surface area contributed by atoms with E-state index in [0.717, 1.165) is 23.8 Å². The summed E-state index contributed by atoms with van der Waals surface area (Å²) >= 11 is 1.54. The molecule has 2 aromatic heterocycles. The molecule has 0 saturated carbocycles. The summed E-state index contributed by atoms with van der Waals surface area (Å²) in [5.74, 6) is 0.873. The van der Waals surface area contributed by atoms with Gasteiger partial charge in [-0.1, -0.05) is 0 Å². The molecule has 124 valence electrons. The average Bonchev–Trinajstić information content (AvgIpc) is 3.27. The summed E-state index contributed by atoms with van der Waals surface area (Å²) in [7, 11) is 1.77. The Morgan fingerprint density at radius 2 is 2.39 bits per heavy atom. The van der Waals surface area contributed by atoms with Crippen LogP contribution < -0.4 is 5.32 Å². The number of amides is 2. The van der Waals surface area contributed by atoms with E-state index in [1.54, 1.807) is 35.7 Å². The third kappa shape index (κ3) is 3.53. The number of ether oxygens (including phenoxy) is 1. The largest absolute Gasteiger partial charge is 0.368 e. The Labute approximate surface area is 139 Å². The highest BCUT2D eigenvalue weighted by atomic mass is 32.1. The van der Waals surface area contributed by atoms with Crippen LogP contribution in [0.3, 0.4) is 0 Å². The zero-order chi connectivity index (χ0) is 16.2. The number of thiazole rings is 1. The summed E-state index contributed by atoms with van der Waals surface area (Å²) in [5.41, 5.74) is 0. The van der Waals surface area contributed by atoms with E-state index in [2.05, 4.69) is 26.8 Å². The second-order valence-corrected chi connectivity index (χ2v) is 6.47. The highest BCUT2D eigenvalue weighted by Gasteiger charge is 2.34. The lowest BCUT2D eigenvalue weighted by atomic mass is 10.1. The van der Waals surface area contributed by atoms with Crippen LogP contribution >= 0.6 is 11.3 Å². The van der Waals surface area contributed by atoms with Crippen molar-refractivity contribution in [3.8, 4) is 0 Å². The van der Waals surface area contributed by atoms with Crippen LogP contribution in [0.15, 0.2) is 24.0 Å². The number of hydrogen-bond acceptors (Lipinski definition) is 5. The summed E-state index contributed by atoms with van der Waals surface area (Å²) < 4.78 is 7.86. The van der Waals surface area contributed by atoms with Gasteiger partial charge in [-0.2, -0.15) is 0 Å². The number of carbonyl (C=O) groups excluding carboxylic acids is 1. The zero-order valence-corrected chi connectivity index (χ0v) is 14.1. The molecule has 0 aromatic carbocycles. The SMILES string of the molecule is CCn1ccnc1[C@@H]1OCC[C@H]1NC(=O)N(C)Cc1nccs1. The molecule has 1 N–H and O–H groups in total. The molecule has 0 unspecified atom stereocenters. The van der Waals surface area contributed by atoms with Gasteiger partial charge in [0, 0.05) is 44.2 Å². The molecule has 3 heterocycles. The van der Waals surface area contributed by atoms with Crippen molar-refractivity contribution >= 4 is 17.4 Å². The number of aromatic nitrogens is 3. The molecule has 1 saturated heterocycles. The monoisotopic (exact) mass is 335 g/mol. The molecule has 2 amide bonds. The first-order chi connectivity index (χ1) is 11.2. The normalized spacial score (nSPS) is 20.6. The Bertz CT molecular complexity index is 642. The molecule has 0 bridgehead atoms. The molecular formula is C15H21N5O2S. The molecule has 1 aliphatic heterocycles. The molecule has 2 atom stereocenters. The van der Waals surface area contributed by atoms with Gasteiger partial charge in [0.2, 0.25) is 0 Å². The quantitative estimate of drug-likeness (QED) is 0.907. The van der Waals surface area contributed by atoms with Crippen LogP contribution in [0.1, 0.15) is 30.3 Å². The lowest BCUT2D eigenvalue weighted by Crippen LogP contribution is -2.44. The van der Waals surface area contributed by atoms with E-state index in [4.69, 9.17) is 4.74 Å². The van der Waals surface area contributed by atoms with E-state index < -0.39 is 0 Å². The molecular weight excluding hydrogens is 314 g/mol. The standard InChI is InChI=1S/C15H21N5O2S/c1-3-20-7-5-17-14(20)13-11(4-8-22-13)18-15(21)19(2)10-12-16-6-9-23-12/h5-7,9,11,13H,3-4,8,10H2,1-2H3,(H,18,21)/t11-,13-/m1/s1. The summed E-state index contributed by atoms with van der Waals surface area (Å²) in [4.78, 5) is 22.6. The Kier molecular flexibility index (Phi) is 4.92. The molecule has 3 rings (SSSR count). The summed E-state index contributed by atoms with van der Waals surface area (Å²) in [6.07, 6.45) is 6.05. The van der Waals surface area contributed by atoms with E-state index in [-0.39, 0.29) is 18.2 Å². The predicted molar refractivity (Wildman–Crippen MR) is 87.1 cm³/mol. The van der Waals surface area contributed by atoms with Gasteiger partial charge < -0.3 is 19.5 Å². The number of rotatable bonds is 5. The van der Waals surface area contributed by atoms with Crippen LogP contribution in [0.4, 0.5) is 4.79 Å². The lowest BCUT2D eigenvalue weighted by molar-refractivity contribution is 0.0888. The van der Waals surface area contributed by atoms with Gasteiger partial charge in [-0.15, -0.1) is 11.3 Å². The summed E-state index contributed by atoms with van der Waals surface area (Å²) in [6, 6.07) is -0.177. The highest BCUT2D eigenvalue weighted by Crippen LogP contribution is 2.28. The highest BCUT2D eigenvalue weighted by molar-refractivity contribution is 7.09. The van der Waals surface area contributed by atoms with Crippen molar-refractivity contribution in [2.75, 3.05) is 13.7 Å². The van der Waals surface area contributed by atoms with Crippen molar-refractivity contribution in [2.24, 2.45) is 0 Å². The van der Waals surface area contributed by atoms with E-state index >= 15 is 0 Å².